The third-order valence-corrected chi connectivity index (χ3v) is 7.03. The van der Waals surface area contributed by atoms with E-state index >= 15 is 0 Å². The molecule has 0 aromatic heterocycles. The van der Waals surface area contributed by atoms with E-state index in [4.69, 9.17) is 4.74 Å². The SMILES string of the molecule is C=C(Nc1ccc(/C=C/C(=O)OCC)cc1)c1ccc(N(C2CCCCC2)N(C)c2ccccc2)c(C=O)c1. The van der Waals surface area contributed by atoms with Gasteiger partial charge in [0.15, 0.2) is 6.29 Å². The molecule has 1 fully saturated rings. The summed E-state index contributed by atoms with van der Waals surface area (Å²) >= 11 is 0. The number of para-hydroxylation sites is 1. The third kappa shape index (κ3) is 7.17. The zero-order valence-corrected chi connectivity index (χ0v) is 22.8. The minimum Gasteiger partial charge on any atom is -0.463 e. The Hall–Kier alpha value is -4.32. The van der Waals surface area contributed by atoms with Crippen molar-refractivity contribution in [2.45, 2.75) is 45.1 Å². The number of benzene rings is 3. The van der Waals surface area contributed by atoms with E-state index in [1.165, 1.54) is 25.3 Å². The van der Waals surface area contributed by atoms with Crippen LogP contribution in [-0.4, -0.2) is 32.0 Å². The number of hydrogen-bond donors (Lipinski definition) is 1. The Morgan fingerprint density at radius 2 is 1.74 bits per heavy atom. The minimum atomic E-state index is -0.362. The number of anilines is 3. The largest absolute Gasteiger partial charge is 0.463 e. The van der Waals surface area contributed by atoms with Crippen LogP contribution in [0.25, 0.3) is 11.8 Å². The fourth-order valence-electron chi connectivity index (χ4n) is 5.02. The van der Waals surface area contributed by atoms with Crippen LogP contribution in [0.1, 0.15) is 60.5 Å². The molecule has 6 nitrogen and oxygen atoms in total. The van der Waals surface area contributed by atoms with Gasteiger partial charge in [0.2, 0.25) is 0 Å². The molecule has 0 aliphatic heterocycles. The topological polar surface area (TPSA) is 61.9 Å². The Morgan fingerprint density at radius 1 is 1.03 bits per heavy atom. The number of hydrogen-bond acceptors (Lipinski definition) is 6. The lowest BCUT2D eigenvalue weighted by atomic mass is 9.94. The first kappa shape index (κ1) is 27.7. The quantitative estimate of drug-likeness (QED) is 0.123. The van der Waals surface area contributed by atoms with E-state index in [-0.39, 0.29) is 5.97 Å². The van der Waals surface area contributed by atoms with Gasteiger partial charge in [0.1, 0.15) is 0 Å². The van der Waals surface area contributed by atoms with Crippen molar-refractivity contribution in [1.82, 2.24) is 0 Å². The van der Waals surface area contributed by atoms with Crippen LogP contribution in [0.15, 0.2) is 85.5 Å². The second kappa shape index (κ2) is 13.5. The van der Waals surface area contributed by atoms with Gasteiger partial charge < -0.3 is 10.1 Å². The van der Waals surface area contributed by atoms with Gasteiger partial charge in [0.25, 0.3) is 0 Å². The van der Waals surface area contributed by atoms with E-state index in [1.54, 1.807) is 13.0 Å². The molecule has 0 heterocycles. The fraction of sp³-hybridized carbons (Fsp3) is 0.273. The number of rotatable bonds is 11. The van der Waals surface area contributed by atoms with Crippen LogP contribution in [0.5, 0.6) is 0 Å². The van der Waals surface area contributed by atoms with Crippen molar-refractivity contribution in [3.05, 3.63) is 102 Å². The second-order valence-electron chi connectivity index (χ2n) is 9.70. The molecule has 1 aliphatic rings. The van der Waals surface area contributed by atoms with Crippen LogP contribution in [0.4, 0.5) is 17.1 Å². The molecule has 3 aromatic rings. The Kier molecular flexibility index (Phi) is 9.57. The highest BCUT2D eigenvalue weighted by molar-refractivity contribution is 5.89. The van der Waals surface area contributed by atoms with Crippen LogP contribution in [0.3, 0.4) is 0 Å². The number of carbonyl (C=O) groups is 2. The average Bonchev–Trinajstić information content (AvgIpc) is 2.98. The minimum absolute atomic E-state index is 0.325. The summed E-state index contributed by atoms with van der Waals surface area (Å²) in [7, 11) is 2.07. The van der Waals surface area contributed by atoms with Gasteiger partial charge in [-0.15, -0.1) is 0 Å². The van der Waals surface area contributed by atoms with E-state index in [9.17, 15) is 9.59 Å². The summed E-state index contributed by atoms with van der Waals surface area (Å²) in [5.41, 5.74) is 5.89. The van der Waals surface area contributed by atoms with Gasteiger partial charge >= 0.3 is 5.97 Å². The molecule has 4 rings (SSSR count). The predicted molar refractivity (Wildman–Crippen MR) is 161 cm³/mol. The van der Waals surface area contributed by atoms with Gasteiger partial charge in [0, 0.05) is 30.1 Å². The van der Waals surface area contributed by atoms with Gasteiger partial charge in [-0.3, -0.25) is 14.8 Å². The van der Waals surface area contributed by atoms with Crippen molar-refractivity contribution in [2.24, 2.45) is 0 Å². The van der Waals surface area contributed by atoms with Crippen LogP contribution in [-0.2, 0) is 9.53 Å². The lowest BCUT2D eigenvalue weighted by Gasteiger charge is -2.43. The summed E-state index contributed by atoms with van der Waals surface area (Å²) in [6.07, 6.45) is 9.90. The third-order valence-electron chi connectivity index (χ3n) is 7.03. The maximum atomic E-state index is 12.4. The molecular formula is C33H37N3O3. The van der Waals surface area contributed by atoms with Gasteiger partial charge in [-0.2, -0.15) is 0 Å². The molecular weight excluding hydrogens is 486 g/mol. The maximum Gasteiger partial charge on any atom is 0.330 e. The van der Waals surface area contributed by atoms with Crippen LogP contribution < -0.4 is 15.3 Å². The molecule has 3 aromatic carbocycles. The average molecular weight is 524 g/mol. The molecule has 1 saturated carbocycles. The molecule has 0 spiro atoms. The fourth-order valence-corrected chi connectivity index (χ4v) is 5.02. The van der Waals surface area contributed by atoms with Crippen molar-refractivity contribution in [3.8, 4) is 0 Å². The molecule has 0 saturated heterocycles. The smallest absolute Gasteiger partial charge is 0.330 e. The van der Waals surface area contributed by atoms with Crippen LogP contribution in [0, 0.1) is 0 Å². The van der Waals surface area contributed by atoms with E-state index in [2.05, 4.69) is 41.1 Å². The summed E-state index contributed by atoms with van der Waals surface area (Å²) in [6.45, 7) is 6.35. The highest BCUT2D eigenvalue weighted by Crippen LogP contribution is 2.33. The number of esters is 1. The Morgan fingerprint density at radius 3 is 2.41 bits per heavy atom. The molecule has 0 amide bonds. The van der Waals surface area contributed by atoms with Crippen molar-refractivity contribution in [1.29, 1.82) is 0 Å². The highest BCUT2D eigenvalue weighted by Gasteiger charge is 2.27. The Labute approximate surface area is 231 Å². The normalized spacial score (nSPS) is 13.6. The first-order chi connectivity index (χ1) is 19.0. The molecule has 0 unspecified atom stereocenters. The number of ether oxygens (including phenoxy) is 1. The van der Waals surface area contributed by atoms with Gasteiger partial charge in [0.05, 0.1) is 24.0 Å². The lowest BCUT2D eigenvalue weighted by Crippen LogP contribution is -2.48. The summed E-state index contributed by atoms with van der Waals surface area (Å²) < 4.78 is 4.92. The monoisotopic (exact) mass is 523 g/mol. The van der Waals surface area contributed by atoms with E-state index in [0.717, 1.165) is 47.3 Å². The molecule has 0 radical (unpaired) electrons. The molecule has 202 valence electrons. The van der Waals surface area contributed by atoms with Crippen molar-refractivity contribution < 1.29 is 14.3 Å². The molecule has 1 aliphatic carbocycles. The molecule has 0 bridgehead atoms. The van der Waals surface area contributed by atoms with Crippen molar-refractivity contribution in [2.75, 3.05) is 29.0 Å². The lowest BCUT2D eigenvalue weighted by molar-refractivity contribution is -0.137. The Bertz CT molecular complexity index is 1300. The van der Waals surface area contributed by atoms with Crippen LogP contribution in [0.2, 0.25) is 0 Å². The van der Waals surface area contributed by atoms with E-state index in [1.807, 2.05) is 60.7 Å². The van der Waals surface area contributed by atoms with E-state index < -0.39 is 0 Å². The standard InChI is InChI=1S/C33H37N3O3/c1-4-39-33(38)22-17-26-15-19-29(20-16-26)34-25(2)27-18-21-32(28(23-27)24-37)36(31-13-9-6-10-14-31)35(3)30-11-7-5-8-12-30/h5,7-8,11-12,15-24,31,34H,2,4,6,9-10,13-14H2,1,3H3/b22-17+. The molecule has 0 atom stereocenters. The first-order valence-electron chi connectivity index (χ1n) is 13.6. The van der Waals surface area contributed by atoms with Crippen LogP contribution >= 0.6 is 0 Å². The first-order valence-corrected chi connectivity index (χ1v) is 13.6. The van der Waals surface area contributed by atoms with Crippen molar-refractivity contribution in [3.63, 3.8) is 0 Å². The zero-order valence-electron chi connectivity index (χ0n) is 22.8. The molecule has 6 heteroatoms. The summed E-state index contributed by atoms with van der Waals surface area (Å²) in [4.78, 5) is 23.9. The predicted octanol–water partition coefficient (Wildman–Crippen LogP) is 7.35. The van der Waals surface area contributed by atoms with Crippen molar-refractivity contribution >= 4 is 41.1 Å². The number of carbonyl (C=O) groups excluding carboxylic acids is 2. The van der Waals surface area contributed by atoms with Gasteiger partial charge in [-0.25, -0.2) is 4.79 Å². The zero-order chi connectivity index (χ0) is 27.6. The molecule has 1 N–H and O–H groups in total. The molecule has 39 heavy (non-hydrogen) atoms. The number of hydrazine groups is 1. The van der Waals surface area contributed by atoms with Gasteiger partial charge in [-0.05, 0) is 73.4 Å². The number of nitrogens with zero attached hydrogens (tertiary/aromatic N) is 2. The van der Waals surface area contributed by atoms with Gasteiger partial charge in [-0.1, -0.05) is 62.2 Å². The number of nitrogens with one attached hydrogen (secondary N) is 1. The summed E-state index contributed by atoms with van der Waals surface area (Å²) in [6, 6.07) is 24.2. The summed E-state index contributed by atoms with van der Waals surface area (Å²) in [5, 5.41) is 7.79. The van der Waals surface area contributed by atoms with E-state index in [0.29, 0.717) is 23.9 Å². The number of aldehydes is 1. The highest BCUT2D eigenvalue weighted by atomic mass is 16.5. The maximum absolute atomic E-state index is 12.4. The summed E-state index contributed by atoms with van der Waals surface area (Å²) in [5.74, 6) is -0.362. The second-order valence-corrected chi connectivity index (χ2v) is 9.70. The Balaban J connectivity index is 1.54.